The van der Waals surface area contributed by atoms with Crippen LogP contribution in [0, 0.1) is 0 Å². The van der Waals surface area contributed by atoms with E-state index in [4.69, 9.17) is 0 Å². The number of hydrogen-bond donors (Lipinski definition) is 1. The zero-order valence-electron chi connectivity index (χ0n) is 13.8. The Kier molecular flexibility index (Phi) is 6.55. The van der Waals surface area contributed by atoms with Crippen molar-refractivity contribution in [1.29, 1.82) is 0 Å². The van der Waals surface area contributed by atoms with Crippen molar-refractivity contribution in [3.8, 4) is 0 Å². The van der Waals surface area contributed by atoms with Crippen molar-refractivity contribution in [1.82, 2.24) is 5.32 Å². The molecule has 128 valence electrons. The van der Waals surface area contributed by atoms with Gasteiger partial charge in [0.1, 0.15) is 0 Å². The van der Waals surface area contributed by atoms with Gasteiger partial charge in [0.15, 0.2) is 9.84 Å². The van der Waals surface area contributed by atoms with Gasteiger partial charge in [0, 0.05) is 6.54 Å². The van der Waals surface area contributed by atoms with Crippen molar-refractivity contribution in [2.75, 3.05) is 12.3 Å². The van der Waals surface area contributed by atoms with Crippen LogP contribution in [0.2, 0.25) is 0 Å². The number of carbonyl (C=O) groups excluding carboxylic acids is 1. The first-order valence-corrected chi connectivity index (χ1v) is 9.91. The van der Waals surface area contributed by atoms with Crippen LogP contribution in [-0.2, 0) is 20.4 Å². The number of sulfone groups is 1. The lowest BCUT2D eigenvalue weighted by Gasteiger charge is -2.15. The molecule has 0 aliphatic heterocycles. The largest absolute Gasteiger partial charge is 0.355 e. The molecule has 24 heavy (non-hydrogen) atoms. The number of carbonyl (C=O) groups is 1. The molecule has 0 saturated carbocycles. The number of benzene rings is 2. The summed E-state index contributed by atoms with van der Waals surface area (Å²) in [6.45, 7) is 2.08. The molecule has 2 aromatic rings. The van der Waals surface area contributed by atoms with Gasteiger partial charge in [-0.05, 0) is 17.5 Å². The molecular weight excluding hydrogens is 322 g/mol. The van der Waals surface area contributed by atoms with Crippen molar-refractivity contribution >= 4 is 15.7 Å². The second-order valence-electron chi connectivity index (χ2n) is 5.74. The molecule has 0 aromatic heterocycles. The summed E-state index contributed by atoms with van der Waals surface area (Å²) in [6, 6.07) is 18.6. The molecule has 0 fully saturated rings. The van der Waals surface area contributed by atoms with Crippen molar-refractivity contribution in [3.63, 3.8) is 0 Å². The SMILES string of the molecule is CC[C@@H](C(=O)NCCS(=O)(=O)Cc1ccccc1)c1ccccc1. The van der Waals surface area contributed by atoms with Gasteiger partial charge in [-0.1, -0.05) is 67.6 Å². The molecule has 2 aromatic carbocycles. The van der Waals surface area contributed by atoms with Crippen LogP contribution in [0.5, 0.6) is 0 Å². The monoisotopic (exact) mass is 345 g/mol. The van der Waals surface area contributed by atoms with Crippen LogP contribution in [-0.4, -0.2) is 26.6 Å². The molecule has 1 atom stereocenters. The maximum atomic E-state index is 12.3. The molecule has 4 nitrogen and oxygen atoms in total. The number of rotatable bonds is 8. The fourth-order valence-corrected chi connectivity index (χ4v) is 3.87. The van der Waals surface area contributed by atoms with Gasteiger partial charge in [0.05, 0.1) is 17.4 Å². The maximum absolute atomic E-state index is 12.3. The molecule has 0 aliphatic carbocycles. The lowest BCUT2D eigenvalue weighted by Crippen LogP contribution is -2.33. The summed E-state index contributed by atoms with van der Waals surface area (Å²) < 4.78 is 24.3. The summed E-state index contributed by atoms with van der Waals surface area (Å²) in [4.78, 5) is 12.3. The summed E-state index contributed by atoms with van der Waals surface area (Å²) in [5.41, 5.74) is 1.71. The average Bonchev–Trinajstić information content (AvgIpc) is 2.57. The summed E-state index contributed by atoms with van der Waals surface area (Å²) in [5.74, 6) is -0.431. The number of hydrogen-bond acceptors (Lipinski definition) is 3. The summed E-state index contributed by atoms with van der Waals surface area (Å²) in [7, 11) is -3.24. The zero-order valence-corrected chi connectivity index (χ0v) is 14.6. The highest BCUT2D eigenvalue weighted by atomic mass is 32.2. The third kappa shape index (κ3) is 5.49. The molecule has 0 aliphatic rings. The van der Waals surface area contributed by atoms with E-state index in [2.05, 4.69) is 5.32 Å². The van der Waals surface area contributed by atoms with Crippen LogP contribution >= 0.6 is 0 Å². The van der Waals surface area contributed by atoms with E-state index in [0.29, 0.717) is 6.42 Å². The minimum absolute atomic E-state index is 0.000395. The average molecular weight is 345 g/mol. The van der Waals surface area contributed by atoms with Crippen molar-refractivity contribution < 1.29 is 13.2 Å². The predicted octanol–water partition coefficient (Wildman–Crippen LogP) is 2.91. The van der Waals surface area contributed by atoms with E-state index in [-0.39, 0.29) is 29.9 Å². The molecule has 1 amide bonds. The minimum atomic E-state index is -3.24. The van der Waals surface area contributed by atoms with Gasteiger partial charge < -0.3 is 5.32 Å². The van der Waals surface area contributed by atoms with Crippen LogP contribution in [0.25, 0.3) is 0 Å². The molecule has 0 unspecified atom stereocenters. The Labute approximate surface area is 143 Å². The van der Waals surface area contributed by atoms with Gasteiger partial charge in [-0.3, -0.25) is 4.79 Å². The lowest BCUT2D eigenvalue weighted by molar-refractivity contribution is -0.122. The van der Waals surface area contributed by atoms with E-state index >= 15 is 0 Å². The summed E-state index contributed by atoms with van der Waals surface area (Å²) in [6.07, 6.45) is 0.673. The normalized spacial score (nSPS) is 12.5. The molecule has 0 radical (unpaired) electrons. The first-order valence-electron chi connectivity index (χ1n) is 8.09. The molecule has 2 rings (SSSR count). The van der Waals surface area contributed by atoms with Crippen molar-refractivity contribution in [3.05, 3.63) is 71.8 Å². The topological polar surface area (TPSA) is 63.2 Å². The lowest BCUT2D eigenvalue weighted by atomic mass is 9.96. The second-order valence-corrected chi connectivity index (χ2v) is 7.92. The molecule has 0 saturated heterocycles. The van der Waals surface area contributed by atoms with Crippen LogP contribution < -0.4 is 5.32 Å². The number of amides is 1. The molecule has 0 bridgehead atoms. The molecular formula is C19H23NO3S. The van der Waals surface area contributed by atoms with E-state index in [1.807, 2.05) is 55.5 Å². The Morgan fingerprint density at radius 2 is 1.58 bits per heavy atom. The Balaban J connectivity index is 1.87. The zero-order chi connectivity index (χ0) is 17.4. The smallest absolute Gasteiger partial charge is 0.227 e. The van der Waals surface area contributed by atoms with Gasteiger partial charge in [-0.25, -0.2) is 8.42 Å². The Bertz CT molecular complexity index is 743. The van der Waals surface area contributed by atoms with E-state index in [0.717, 1.165) is 11.1 Å². The van der Waals surface area contributed by atoms with Gasteiger partial charge in [-0.15, -0.1) is 0 Å². The van der Waals surface area contributed by atoms with Crippen LogP contribution in [0.4, 0.5) is 0 Å². The first kappa shape index (κ1) is 18.2. The maximum Gasteiger partial charge on any atom is 0.227 e. The molecule has 5 heteroatoms. The highest BCUT2D eigenvalue weighted by Crippen LogP contribution is 2.19. The fourth-order valence-electron chi connectivity index (χ4n) is 2.61. The van der Waals surface area contributed by atoms with Crippen LogP contribution in [0.15, 0.2) is 60.7 Å². The Morgan fingerprint density at radius 3 is 2.17 bits per heavy atom. The summed E-state index contributed by atoms with van der Waals surface area (Å²) in [5, 5.41) is 2.76. The van der Waals surface area contributed by atoms with E-state index < -0.39 is 9.84 Å². The highest BCUT2D eigenvalue weighted by molar-refractivity contribution is 7.90. The van der Waals surface area contributed by atoms with E-state index in [1.165, 1.54) is 0 Å². The van der Waals surface area contributed by atoms with Crippen molar-refractivity contribution in [2.45, 2.75) is 25.0 Å². The Hall–Kier alpha value is -2.14. The van der Waals surface area contributed by atoms with E-state index in [9.17, 15) is 13.2 Å². The molecule has 0 heterocycles. The minimum Gasteiger partial charge on any atom is -0.355 e. The highest BCUT2D eigenvalue weighted by Gasteiger charge is 2.19. The number of nitrogens with one attached hydrogen (secondary N) is 1. The molecule has 0 spiro atoms. The Morgan fingerprint density at radius 1 is 1.00 bits per heavy atom. The quantitative estimate of drug-likeness (QED) is 0.800. The predicted molar refractivity (Wildman–Crippen MR) is 96.4 cm³/mol. The second kappa shape index (κ2) is 8.64. The van der Waals surface area contributed by atoms with Crippen molar-refractivity contribution in [2.24, 2.45) is 0 Å². The summed E-state index contributed by atoms with van der Waals surface area (Å²) >= 11 is 0. The fraction of sp³-hybridized carbons (Fsp3) is 0.316. The first-order chi connectivity index (χ1) is 11.5. The van der Waals surface area contributed by atoms with Crippen LogP contribution in [0.1, 0.15) is 30.4 Å². The van der Waals surface area contributed by atoms with Gasteiger partial charge in [0.2, 0.25) is 5.91 Å². The third-order valence-corrected chi connectivity index (χ3v) is 5.47. The van der Waals surface area contributed by atoms with Gasteiger partial charge >= 0.3 is 0 Å². The van der Waals surface area contributed by atoms with Gasteiger partial charge in [0.25, 0.3) is 0 Å². The standard InChI is InChI=1S/C19H23NO3S/c1-2-18(17-11-7-4-8-12-17)19(21)20-13-14-24(22,23)15-16-9-5-3-6-10-16/h3-12,18H,2,13-15H2,1H3,(H,20,21)/t18-/m1/s1. The van der Waals surface area contributed by atoms with Crippen LogP contribution in [0.3, 0.4) is 0 Å². The van der Waals surface area contributed by atoms with E-state index in [1.54, 1.807) is 12.1 Å². The third-order valence-electron chi connectivity index (χ3n) is 3.87. The van der Waals surface area contributed by atoms with Gasteiger partial charge in [-0.2, -0.15) is 0 Å². The molecule has 1 N–H and O–H groups in total.